The Morgan fingerprint density at radius 1 is 1.10 bits per heavy atom. The van der Waals surface area contributed by atoms with Crippen LogP contribution in [0.3, 0.4) is 0 Å². The highest BCUT2D eigenvalue weighted by Crippen LogP contribution is 2.38. The molecule has 1 heterocycles. The van der Waals surface area contributed by atoms with Gasteiger partial charge < -0.3 is 19.8 Å². The van der Waals surface area contributed by atoms with E-state index in [2.05, 4.69) is 49.3 Å². The summed E-state index contributed by atoms with van der Waals surface area (Å²) in [6.45, 7) is 7.02. The predicted molar refractivity (Wildman–Crippen MR) is 122 cm³/mol. The van der Waals surface area contributed by atoms with E-state index in [9.17, 15) is 4.79 Å². The lowest BCUT2D eigenvalue weighted by molar-refractivity contribution is -0.121. The monoisotopic (exact) mass is 408 g/mol. The van der Waals surface area contributed by atoms with Crippen LogP contribution >= 0.6 is 0 Å². The molecular weight excluding hydrogens is 376 g/mol. The summed E-state index contributed by atoms with van der Waals surface area (Å²) >= 11 is 0. The summed E-state index contributed by atoms with van der Waals surface area (Å²) in [5.74, 6) is 1.70. The molecule has 0 aliphatic rings. The minimum Gasteiger partial charge on any atom is -0.493 e. The lowest BCUT2D eigenvalue weighted by Gasteiger charge is -2.19. The van der Waals surface area contributed by atoms with Crippen molar-refractivity contribution in [3.63, 3.8) is 0 Å². The Morgan fingerprint density at radius 3 is 2.53 bits per heavy atom. The van der Waals surface area contributed by atoms with Gasteiger partial charge in [-0.25, -0.2) is 0 Å². The van der Waals surface area contributed by atoms with Gasteiger partial charge in [-0.05, 0) is 41.2 Å². The van der Waals surface area contributed by atoms with Crippen LogP contribution in [0.1, 0.15) is 49.8 Å². The molecule has 5 nitrogen and oxygen atoms in total. The standard InChI is InChI=1S/C25H32N2O3/c1-6-17-8-7-9-19-21(15-27-25(17)19)20(13-24(28)26-14-16(2)3)18-10-11-22(29-4)23(12-18)30-5/h7-12,15-16,20,27H,6,13-14H2,1-5H3,(H,26,28)/t20-/m1/s1. The smallest absolute Gasteiger partial charge is 0.220 e. The number of para-hydroxylation sites is 1. The first-order chi connectivity index (χ1) is 14.5. The first-order valence-electron chi connectivity index (χ1n) is 10.6. The second kappa shape index (κ2) is 9.70. The zero-order chi connectivity index (χ0) is 21.7. The van der Waals surface area contributed by atoms with Crippen LogP contribution in [0, 0.1) is 5.92 Å². The number of H-pyrrole nitrogens is 1. The molecule has 3 aromatic rings. The number of aromatic amines is 1. The SMILES string of the molecule is CCc1cccc2c([C@H](CC(=O)NCC(C)C)c3ccc(OC)c(OC)c3)c[nH]c12. The van der Waals surface area contributed by atoms with E-state index in [4.69, 9.17) is 9.47 Å². The maximum atomic E-state index is 12.8. The Hall–Kier alpha value is -2.95. The molecule has 0 radical (unpaired) electrons. The Bertz CT molecular complexity index is 1010. The molecule has 0 fully saturated rings. The molecule has 1 aromatic heterocycles. The predicted octanol–water partition coefficient (Wildman–Crippen LogP) is 5.04. The van der Waals surface area contributed by atoms with Gasteiger partial charge in [-0.1, -0.05) is 45.0 Å². The van der Waals surface area contributed by atoms with E-state index < -0.39 is 0 Å². The van der Waals surface area contributed by atoms with Gasteiger partial charge in [0.15, 0.2) is 11.5 Å². The lowest BCUT2D eigenvalue weighted by Crippen LogP contribution is -2.28. The van der Waals surface area contributed by atoms with Crippen LogP contribution in [0.15, 0.2) is 42.6 Å². The van der Waals surface area contributed by atoms with Gasteiger partial charge in [0.1, 0.15) is 0 Å². The zero-order valence-electron chi connectivity index (χ0n) is 18.5. The van der Waals surface area contributed by atoms with Crippen LogP contribution in [-0.4, -0.2) is 31.7 Å². The molecule has 0 saturated heterocycles. The molecule has 0 saturated carbocycles. The molecule has 0 unspecified atom stereocenters. The van der Waals surface area contributed by atoms with Crippen molar-refractivity contribution in [3.8, 4) is 11.5 Å². The van der Waals surface area contributed by atoms with Gasteiger partial charge in [0.25, 0.3) is 0 Å². The Morgan fingerprint density at radius 2 is 1.87 bits per heavy atom. The first-order valence-corrected chi connectivity index (χ1v) is 10.6. The Kier molecular flexibility index (Phi) is 7.03. The number of nitrogens with one attached hydrogen (secondary N) is 2. The van der Waals surface area contributed by atoms with E-state index in [0.717, 1.165) is 28.5 Å². The molecule has 2 aromatic carbocycles. The van der Waals surface area contributed by atoms with Gasteiger partial charge in [-0.2, -0.15) is 0 Å². The number of carbonyl (C=O) groups is 1. The van der Waals surface area contributed by atoms with Crippen molar-refractivity contribution in [3.05, 3.63) is 59.3 Å². The number of methoxy groups -OCH3 is 2. The van der Waals surface area contributed by atoms with E-state index in [-0.39, 0.29) is 11.8 Å². The number of amides is 1. The molecule has 1 atom stereocenters. The van der Waals surface area contributed by atoms with E-state index in [1.165, 1.54) is 5.56 Å². The molecule has 30 heavy (non-hydrogen) atoms. The number of hydrogen-bond donors (Lipinski definition) is 2. The summed E-state index contributed by atoms with van der Waals surface area (Å²) in [6.07, 6.45) is 3.36. The molecule has 3 rings (SSSR count). The number of benzene rings is 2. The summed E-state index contributed by atoms with van der Waals surface area (Å²) in [7, 11) is 3.26. The van der Waals surface area contributed by atoms with Crippen LogP contribution in [0.2, 0.25) is 0 Å². The highest BCUT2D eigenvalue weighted by atomic mass is 16.5. The highest BCUT2D eigenvalue weighted by molar-refractivity contribution is 5.88. The quantitative estimate of drug-likeness (QED) is 0.521. The van der Waals surface area contributed by atoms with Crippen molar-refractivity contribution >= 4 is 16.8 Å². The maximum absolute atomic E-state index is 12.8. The largest absolute Gasteiger partial charge is 0.493 e. The van der Waals surface area contributed by atoms with Gasteiger partial charge >= 0.3 is 0 Å². The van der Waals surface area contributed by atoms with Crippen molar-refractivity contribution in [2.45, 2.75) is 39.5 Å². The molecular formula is C25H32N2O3. The number of fused-ring (bicyclic) bond motifs is 1. The van der Waals surface area contributed by atoms with E-state index in [1.807, 2.05) is 24.4 Å². The molecule has 160 valence electrons. The topological polar surface area (TPSA) is 63.4 Å². The van der Waals surface area contributed by atoms with Crippen molar-refractivity contribution < 1.29 is 14.3 Å². The first kappa shape index (κ1) is 21.8. The summed E-state index contributed by atoms with van der Waals surface area (Å²) in [5, 5.41) is 4.22. The number of hydrogen-bond acceptors (Lipinski definition) is 3. The summed E-state index contributed by atoms with van der Waals surface area (Å²) in [4.78, 5) is 16.2. The third-order valence-corrected chi connectivity index (χ3v) is 5.50. The second-order valence-corrected chi connectivity index (χ2v) is 8.01. The Labute approximate surface area is 178 Å². The minimum absolute atomic E-state index is 0.0458. The maximum Gasteiger partial charge on any atom is 0.220 e. The molecule has 0 bridgehead atoms. The van der Waals surface area contributed by atoms with Crippen LogP contribution < -0.4 is 14.8 Å². The average molecular weight is 409 g/mol. The fraction of sp³-hybridized carbons (Fsp3) is 0.400. The van der Waals surface area contributed by atoms with Crippen LogP contribution in [0.5, 0.6) is 11.5 Å². The highest BCUT2D eigenvalue weighted by Gasteiger charge is 2.23. The number of aromatic nitrogens is 1. The summed E-state index contributed by atoms with van der Waals surface area (Å²) in [6, 6.07) is 12.2. The third kappa shape index (κ3) is 4.61. The molecule has 1 amide bonds. The van der Waals surface area contributed by atoms with Crippen LogP contribution in [-0.2, 0) is 11.2 Å². The molecule has 2 N–H and O–H groups in total. The number of ether oxygens (including phenoxy) is 2. The van der Waals surface area contributed by atoms with Gasteiger partial charge in [-0.15, -0.1) is 0 Å². The van der Waals surface area contributed by atoms with Gasteiger partial charge in [0.05, 0.1) is 14.2 Å². The lowest BCUT2D eigenvalue weighted by atomic mass is 9.87. The summed E-state index contributed by atoms with van der Waals surface area (Å²) < 4.78 is 10.9. The van der Waals surface area contributed by atoms with Crippen molar-refractivity contribution in [2.75, 3.05) is 20.8 Å². The number of rotatable bonds is 9. The zero-order valence-corrected chi connectivity index (χ0v) is 18.5. The average Bonchev–Trinajstić information content (AvgIpc) is 3.19. The number of aryl methyl sites for hydroxylation is 1. The minimum atomic E-state index is -0.0992. The van der Waals surface area contributed by atoms with Gasteiger partial charge in [-0.3, -0.25) is 4.79 Å². The second-order valence-electron chi connectivity index (χ2n) is 8.01. The normalized spacial score (nSPS) is 12.2. The van der Waals surface area contributed by atoms with Crippen molar-refractivity contribution in [1.82, 2.24) is 10.3 Å². The molecule has 5 heteroatoms. The van der Waals surface area contributed by atoms with Crippen molar-refractivity contribution in [1.29, 1.82) is 0 Å². The third-order valence-electron chi connectivity index (χ3n) is 5.50. The molecule has 0 aliphatic heterocycles. The summed E-state index contributed by atoms with van der Waals surface area (Å²) in [5.41, 5.74) is 4.56. The Balaban J connectivity index is 2.05. The van der Waals surface area contributed by atoms with E-state index in [0.29, 0.717) is 30.4 Å². The fourth-order valence-electron chi connectivity index (χ4n) is 3.87. The fourth-order valence-corrected chi connectivity index (χ4v) is 3.87. The van der Waals surface area contributed by atoms with Gasteiger partial charge in [0.2, 0.25) is 5.91 Å². The molecule has 0 spiro atoms. The van der Waals surface area contributed by atoms with Crippen LogP contribution in [0.25, 0.3) is 10.9 Å². The molecule has 0 aliphatic carbocycles. The van der Waals surface area contributed by atoms with Crippen molar-refractivity contribution in [2.24, 2.45) is 5.92 Å². The number of carbonyl (C=O) groups excluding carboxylic acids is 1. The van der Waals surface area contributed by atoms with Gasteiger partial charge in [0, 0.05) is 36.0 Å². The van der Waals surface area contributed by atoms with E-state index >= 15 is 0 Å². The van der Waals surface area contributed by atoms with E-state index in [1.54, 1.807) is 14.2 Å². The van der Waals surface area contributed by atoms with Crippen LogP contribution in [0.4, 0.5) is 0 Å².